The molecule has 0 saturated carbocycles. The highest BCUT2D eigenvalue weighted by atomic mass is 16.5. The first-order valence-corrected chi connectivity index (χ1v) is 6.33. The summed E-state index contributed by atoms with van der Waals surface area (Å²) < 4.78 is 5.24. The highest BCUT2D eigenvalue weighted by molar-refractivity contribution is 5.81. The number of rotatable bonds is 6. The maximum atomic E-state index is 12.0. The number of carbonyl (C=O) groups excluding carboxylic acids is 1. The quantitative estimate of drug-likeness (QED) is 0.796. The molecule has 1 aromatic carbocycles. The number of Topliss-reactive ketones (excluding diaryl/α,β-unsaturated/α-hetero) is 1. The Balaban J connectivity index is 1.91. The second kappa shape index (κ2) is 6.69. The predicted octanol–water partition coefficient (Wildman–Crippen LogP) is 2.83. The molecule has 0 unspecified atom stereocenters. The highest BCUT2D eigenvalue weighted by Gasteiger charge is 2.08. The molecule has 0 aliphatic carbocycles. The number of nitrogens with zero attached hydrogens (tertiary/aromatic N) is 1. The second-order valence-corrected chi connectivity index (χ2v) is 4.35. The molecule has 0 aliphatic heterocycles. The molecule has 98 valence electrons. The molecule has 0 spiro atoms. The number of ether oxygens (including phenoxy) is 1. The van der Waals surface area contributed by atoms with Gasteiger partial charge in [0.1, 0.15) is 11.5 Å². The van der Waals surface area contributed by atoms with Gasteiger partial charge in [-0.3, -0.25) is 9.78 Å². The summed E-state index contributed by atoms with van der Waals surface area (Å²) >= 11 is 0. The van der Waals surface area contributed by atoms with E-state index in [2.05, 4.69) is 4.98 Å². The Morgan fingerprint density at radius 1 is 1.16 bits per heavy atom. The molecule has 0 saturated heterocycles. The minimum absolute atomic E-state index is 0.204. The summed E-state index contributed by atoms with van der Waals surface area (Å²) in [6.07, 6.45) is 3.36. The largest absolute Gasteiger partial charge is 0.496 e. The van der Waals surface area contributed by atoms with Gasteiger partial charge in [-0.15, -0.1) is 0 Å². The molecule has 0 N–H and O–H groups in total. The van der Waals surface area contributed by atoms with E-state index in [-0.39, 0.29) is 5.78 Å². The molecule has 0 atom stereocenters. The normalized spacial score (nSPS) is 10.2. The van der Waals surface area contributed by atoms with Gasteiger partial charge in [0.25, 0.3) is 0 Å². The van der Waals surface area contributed by atoms with Crippen LogP contribution in [0.25, 0.3) is 0 Å². The molecule has 0 aliphatic rings. The number of benzene rings is 1. The monoisotopic (exact) mass is 255 g/mol. The van der Waals surface area contributed by atoms with Gasteiger partial charge in [-0.2, -0.15) is 0 Å². The third-order valence-corrected chi connectivity index (χ3v) is 2.97. The average molecular weight is 255 g/mol. The van der Waals surface area contributed by atoms with Crippen molar-refractivity contribution in [3.63, 3.8) is 0 Å². The Labute approximate surface area is 113 Å². The van der Waals surface area contributed by atoms with Crippen LogP contribution in [0.4, 0.5) is 0 Å². The molecule has 2 aromatic rings. The van der Waals surface area contributed by atoms with Crippen LogP contribution < -0.4 is 4.74 Å². The van der Waals surface area contributed by atoms with Crippen molar-refractivity contribution >= 4 is 5.78 Å². The molecule has 1 heterocycles. The fourth-order valence-corrected chi connectivity index (χ4v) is 1.96. The van der Waals surface area contributed by atoms with Gasteiger partial charge in [-0.25, -0.2) is 0 Å². The number of para-hydroxylation sites is 1. The first-order chi connectivity index (χ1) is 9.29. The third-order valence-electron chi connectivity index (χ3n) is 2.97. The van der Waals surface area contributed by atoms with Crippen molar-refractivity contribution in [3.05, 3.63) is 59.9 Å². The maximum Gasteiger partial charge on any atom is 0.137 e. The van der Waals surface area contributed by atoms with Crippen LogP contribution in [0.3, 0.4) is 0 Å². The second-order valence-electron chi connectivity index (χ2n) is 4.35. The van der Waals surface area contributed by atoms with Crippen molar-refractivity contribution in [2.45, 2.75) is 19.3 Å². The SMILES string of the molecule is COc1ccccc1CC(=O)CCc1ccccn1. The van der Waals surface area contributed by atoms with Crippen molar-refractivity contribution in [2.75, 3.05) is 7.11 Å². The van der Waals surface area contributed by atoms with E-state index < -0.39 is 0 Å². The van der Waals surface area contributed by atoms with Crippen molar-refractivity contribution in [1.82, 2.24) is 4.98 Å². The summed E-state index contributed by atoms with van der Waals surface area (Å²) in [5.74, 6) is 0.976. The third kappa shape index (κ3) is 3.91. The van der Waals surface area contributed by atoms with Crippen LogP contribution in [0.15, 0.2) is 48.7 Å². The molecule has 0 amide bonds. The molecule has 3 heteroatoms. The van der Waals surface area contributed by atoms with Crippen LogP contribution in [-0.2, 0) is 17.6 Å². The van der Waals surface area contributed by atoms with Gasteiger partial charge in [0.15, 0.2) is 0 Å². The minimum Gasteiger partial charge on any atom is -0.496 e. The summed E-state index contributed by atoms with van der Waals surface area (Å²) in [5.41, 5.74) is 1.90. The van der Waals surface area contributed by atoms with E-state index >= 15 is 0 Å². The number of pyridine rings is 1. The van der Waals surface area contributed by atoms with Crippen molar-refractivity contribution < 1.29 is 9.53 Å². The van der Waals surface area contributed by atoms with Gasteiger partial charge < -0.3 is 4.74 Å². The summed E-state index contributed by atoms with van der Waals surface area (Å²) in [6.45, 7) is 0. The smallest absolute Gasteiger partial charge is 0.137 e. The molecular formula is C16H17NO2. The van der Waals surface area contributed by atoms with Gasteiger partial charge in [0.2, 0.25) is 0 Å². The number of aromatic nitrogens is 1. The molecule has 0 radical (unpaired) electrons. The molecule has 3 nitrogen and oxygen atoms in total. The Hall–Kier alpha value is -2.16. The summed E-state index contributed by atoms with van der Waals surface area (Å²) in [6, 6.07) is 13.4. The highest BCUT2D eigenvalue weighted by Crippen LogP contribution is 2.18. The standard InChI is InChI=1S/C16H17NO2/c1-19-16-8-3-2-6-13(16)12-15(18)10-9-14-7-4-5-11-17-14/h2-8,11H,9-10,12H2,1H3. The molecule has 0 fully saturated rings. The summed E-state index contributed by atoms with van der Waals surface area (Å²) in [4.78, 5) is 16.2. The van der Waals surface area contributed by atoms with Crippen LogP contribution in [0.5, 0.6) is 5.75 Å². The first-order valence-electron chi connectivity index (χ1n) is 6.33. The molecular weight excluding hydrogens is 238 g/mol. The van der Waals surface area contributed by atoms with Gasteiger partial charge >= 0.3 is 0 Å². The summed E-state index contributed by atoms with van der Waals surface area (Å²) in [7, 11) is 1.62. The van der Waals surface area contributed by atoms with Crippen molar-refractivity contribution in [2.24, 2.45) is 0 Å². The Morgan fingerprint density at radius 3 is 2.68 bits per heavy atom. The zero-order valence-corrected chi connectivity index (χ0v) is 11.0. The lowest BCUT2D eigenvalue weighted by Gasteiger charge is -2.07. The van der Waals surface area contributed by atoms with E-state index in [0.29, 0.717) is 19.3 Å². The number of methoxy groups -OCH3 is 1. The Bertz CT molecular complexity index is 537. The number of hydrogen-bond acceptors (Lipinski definition) is 3. The van der Waals surface area contributed by atoms with Crippen LogP contribution in [0.1, 0.15) is 17.7 Å². The lowest BCUT2D eigenvalue weighted by atomic mass is 10.0. The van der Waals surface area contributed by atoms with E-state index in [0.717, 1.165) is 17.0 Å². The first kappa shape index (κ1) is 13.3. The van der Waals surface area contributed by atoms with Crippen molar-refractivity contribution in [1.29, 1.82) is 0 Å². The lowest BCUT2D eigenvalue weighted by molar-refractivity contribution is -0.118. The van der Waals surface area contributed by atoms with E-state index in [4.69, 9.17) is 4.74 Å². The fourth-order valence-electron chi connectivity index (χ4n) is 1.96. The van der Waals surface area contributed by atoms with Gasteiger partial charge in [-0.05, 0) is 24.6 Å². The van der Waals surface area contributed by atoms with Crippen LogP contribution in [-0.4, -0.2) is 17.9 Å². The zero-order valence-electron chi connectivity index (χ0n) is 11.0. The Morgan fingerprint density at radius 2 is 1.95 bits per heavy atom. The van der Waals surface area contributed by atoms with E-state index in [9.17, 15) is 4.79 Å². The topological polar surface area (TPSA) is 39.2 Å². The van der Waals surface area contributed by atoms with Gasteiger partial charge in [0, 0.05) is 30.3 Å². The number of ketones is 1. The lowest BCUT2D eigenvalue weighted by Crippen LogP contribution is -2.06. The maximum absolute atomic E-state index is 12.0. The average Bonchev–Trinajstić information content (AvgIpc) is 2.47. The molecule has 0 bridgehead atoms. The van der Waals surface area contributed by atoms with Crippen LogP contribution in [0, 0.1) is 0 Å². The molecule has 19 heavy (non-hydrogen) atoms. The Kier molecular flexibility index (Phi) is 4.67. The van der Waals surface area contributed by atoms with Crippen molar-refractivity contribution in [3.8, 4) is 5.75 Å². The zero-order chi connectivity index (χ0) is 13.5. The van der Waals surface area contributed by atoms with Gasteiger partial charge in [0.05, 0.1) is 7.11 Å². The molecule has 2 rings (SSSR count). The van der Waals surface area contributed by atoms with E-state index in [1.54, 1.807) is 13.3 Å². The summed E-state index contributed by atoms with van der Waals surface area (Å²) in [5, 5.41) is 0. The number of carbonyl (C=O) groups is 1. The number of aryl methyl sites for hydroxylation is 1. The van der Waals surface area contributed by atoms with E-state index in [1.165, 1.54) is 0 Å². The fraction of sp³-hybridized carbons (Fsp3) is 0.250. The molecule has 1 aromatic heterocycles. The van der Waals surface area contributed by atoms with Crippen LogP contribution in [0.2, 0.25) is 0 Å². The number of hydrogen-bond donors (Lipinski definition) is 0. The van der Waals surface area contributed by atoms with E-state index in [1.807, 2.05) is 42.5 Å². The predicted molar refractivity (Wildman–Crippen MR) is 74.3 cm³/mol. The minimum atomic E-state index is 0.204. The van der Waals surface area contributed by atoms with Crippen LogP contribution >= 0.6 is 0 Å². The van der Waals surface area contributed by atoms with Gasteiger partial charge in [-0.1, -0.05) is 24.3 Å².